The molecule has 5 nitrogen and oxygen atoms in total. The van der Waals surface area contributed by atoms with E-state index in [1.54, 1.807) is 24.3 Å². The lowest BCUT2D eigenvalue weighted by atomic mass is 10.1. The van der Waals surface area contributed by atoms with Gasteiger partial charge in [0.2, 0.25) is 0 Å². The molecule has 0 aliphatic rings. The molecule has 0 aliphatic carbocycles. The quantitative estimate of drug-likeness (QED) is 0.540. The summed E-state index contributed by atoms with van der Waals surface area (Å²) < 4.78 is 11.6. The second-order valence-electron chi connectivity index (χ2n) is 5.48. The van der Waals surface area contributed by atoms with E-state index in [9.17, 15) is 4.91 Å². The summed E-state index contributed by atoms with van der Waals surface area (Å²) in [6.07, 6.45) is 0. The summed E-state index contributed by atoms with van der Waals surface area (Å²) >= 11 is 0. The minimum absolute atomic E-state index is 0.164. The Morgan fingerprint density at radius 1 is 0.917 bits per heavy atom. The molecule has 0 saturated carbocycles. The Morgan fingerprint density at radius 2 is 1.67 bits per heavy atom. The van der Waals surface area contributed by atoms with Gasteiger partial charge >= 0.3 is 5.69 Å². The first-order valence-electron chi connectivity index (χ1n) is 7.50. The van der Waals surface area contributed by atoms with Gasteiger partial charge in [-0.1, -0.05) is 18.2 Å². The molecule has 3 aromatic carbocycles. The van der Waals surface area contributed by atoms with Gasteiger partial charge < -0.3 is 9.15 Å². The van der Waals surface area contributed by atoms with Crippen LogP contribution in [-0.2, 0) is 6.61 Å². The van der Waals surface area contributed by atoms with Crippen LogP contribution in [0.3, 0.4) is 0 Å². The fraction of sp³-hybridized carbons (Fsp3) is 0.0526. The molecule has 1 aromatic heterocycles. The van der Waals surface area contributed by atoms with Gasteiger partial charge in [-0.3, -0.25) is 0 Å². The topological polar surface area (TPSA) is 62.7 Å². The number of benzene rings is 3. The Balaban J connectivity index is 1.58. The van der Waals surface area contributed by atoms with Gasteiger partial charge in [0.25, 0.3) is 4.92 Å². The molecule has 0 atom stereocenters. The number of rotatable bonds is 4. The summed E-state index contributed by atoms with van der Waals surface area (Å²) in [6.45, 7) is 0.367. The van der Waals surface area contributed by atoms with Crippen LogP contribution in [0.15, 0.2) is 71.1 Å². The Morgan fingerprint density at radius 3 is 2.46 bits per heavy atom. The van der Waals surface area contributed by atoms with Crippen molar-refractivity contribution in [3.05, 3.63) is 77.2 Å². The zero-order valence-corrected chi connectivity index (χ0v) is 12.7. The van der Waals surface area contributed by atoms with E-state index in [-0.39, 0.29) is 10.6 Å². The van der Waals surface area contributed by atoms with E-state index < -0.39 is 0 Å². The molecule has 118 valence electrons. The standard InChI is InChI=1S/C19H14NO4/c21-20(22)14-7-5-13(6-8-14)12-23-15-9-10-19-17(11-15)16-3-1-2-4-18(16)24-19/h1-11H,12H2,(H,21,22)/q+1. The molecule has 0 saturated heterocycles. The maximum Gasteiger partial charge on any atom is 0.316 e. The Bertz CT molecular complexity index is 1030. The maximum absolute atomic E-state index is 10.8. The molecule has 0 fully saturated rings. The van der Waals surface area contributed by atoms with Gasteiger partial charge in [0, 0.05) is 22.9 Å². The summed E-state index contributed by atoms with van der Waals surface area (Å²) in [5, 5.41) is 10.9. The van der Waals surface area contributed by atoms with Gasteiger partial charge in [-0.25, -0.2) is 5.21 Å². The van der Waals surface area contributed by atoms with Crippen LogP contribution in [0.5, 0.6) is 5.75 Å². The molecule has 0 radical (unpaired) electrons. The zero-order chi connectivity index (χ0) is 16.5. The first-order valence-corrected chi connectivity index (χ1v) is 7.50. The molecular formula is C19H14NO4+. The monoisotopic (exact) mass is 320 g/mol. The van der Waals surface area contributed by atoms with E-state index in [4.69, 9.17) is 14.4 Å². The van der Waals surface area contributed by atoms with Crippen LogP contribution in [0.4, 0.5) is 5.69 Å². The van der Waals surface area contributed by atoms with Gasteiger partial charge in [-0.15, -0.1) is 0 Å². The van der Waals surface area contributed by atoms with Crippen molar-refractivity contribution in [2.24, 2.45) is 0 Å². The van der Waals surface area contributed by atoms with Gasteiger partial charge in [-0.2, -0.15) is 0 Å². The fourth-order valence-corrected chi connectivity index (χ4v) is 2.68. The van der Waals surface area contributed by atoms with Crippen LogP contribution in [0.2, 0.25) is 0 Å². The zero-order valence-electron chi connectivity index (χ0n) is 12.7. The third-order valence-electron chi connectivity index (χ3n) is 3.91. The van der Waals surface area contributed by atoms with Crippen LogP contribution in [0.25, 0.3) is 21.9 Å². The van der Waals surface area contributed by atoms with E-state index in [1.165, 1.54) is 0 Å². The number of nitrogens with zero attached hydrogens (tertiary/aromatic N) is 1. The highest BCUT2D eigenvalue weighted by atomic mass is 16.6. The van der Waals surface area contributed by atoms with E-state index in [0.29, 0.717) is 6.61 Å². The summed E-state index contributed by atoms with van der Waals surface area (Å²) in [5.74, 6) is 0.741. The SMILES string of the molecule is O=[N+](O)c1ccc(COc2ccc3oc4ccccc4c3c2)cc1. The van der Waals surface area contributed by atoms with Crippen LogP contribution in [0.1, 0.15) is 5.56 Å². The summed E-state index contributed by atoms with van der Waals surface area (Å²) in [6, 6.07) is 20.2. The Kier molecular flexibility index (Phi) is 3.39. The first kappa shape index (κ1) is 14.3. The van der Waals surface area contributed by atoms with Crippen molar-refractivity contribution in [2.45, 2.75) is 6.61 Å². The maximum atomic E-state index is 10.8. The van der Waals surface area contributed by atoms with Gasteiger partial charge in [0.05, 0.1) is 4.91 Å². The molecular weight excluding hydrogens is 306 g/mol. The van der Waals surface area contributed by atoms with Crippen molar-refractivity contribution in [2.75, 3.05) is 0 Å². The van der Waals surface area contributed by atoms with Crippen LogP contribution in [0, 0.1) is 4.91 Å². The van der Waals surface area contributed by atoms with Crippen molar-refractivity contribution in [1.29, 1.82) is 0 Å². The van der Waals surface area contributed by atoms with Crippen LogP contribution < -0.4 is 4.74 Å². The number of hydrogen-bond acceptors (Lipinski definition) is 3. The van der Waals surface area contributed by atoms with Gasteiger partial charge in [0.15, 0.2) is 0 Å². The third kappa shape index (κ3) is 2.56. The number of furan rings is 1. The molecule has 24 heavy (non-hydrogen) atoms. The minimum atomic E-state index is -0.164. The Hall–Kier alpha value is -3.34. The first-order chi connectivity index (χ1) is 11.7. The lowest BCUT2D eigenvalue weighted by Crippen LogP contribution is -1.96. The molecule has 0 amide bonds. The van der Waals surface area contributed by atoms with Crippen LogP contribution >= 0.6 is 0 Å². The molecule has 0 aliphatic heterocycles. The molecule has 0 spiro atoms. The lowest BCUT2D eigenvalue weighted by Gasteiger charge is -2.06. The van der Waals surface area contributed by atoms with E-state index in [1.807, 2.05) is 42.5 Å². The average Bonchev–Trinajstić information content (AvgIpc) is 2.98. The van der Waals surface area contributed by atoms with Crippen LogP contribution in [-0.4, -0.2) is 10.1 Å². The average molecular weight is 320 g/mol. The molecule has 5 heteroatoms. The van der Waals surface area contributed by atoms with Gasteiger partial charge in [0.1, 0.15) is 23.5 Å². The number of para-hydroxylation sites is 1. The summed E-state index contributed by atoms with van der Waals surface area (Å²) in [4.78, 5) is 10.6. The smallest absolute Gasteiger partial charge is 0.316 e. The molecule has 4 rings (SSSR count). The highest BCUT2D eigenvalue weighted by Gasteiger charge is 2.10. The Labute approximate surface area is 137 Å². The highest BCUT2D eigenvalue weighted by molar-refractivity contribution is 6.05. The summed E-state index contributed by atoms with van der Waals surface area (Å²) in [5.41, 5.74) is 2.76. The van der Waals surface area contributed by atoms with Crippen molar-refractivity contribution >= 4 is 27.6 Å². The van der Waals surface area contributed by atoms with Crippen molar-refractivity contribution < 1.29 is 19.3 Å². The number of ether oxygens (including phenoxy) is 1. The fourth-order valence-electron chi connectivity index (χ4n) is 2.68. The summed E-state index contributed by atoms with van der Waals surface area (Å²) in [7, 11) is 0. The second kappa shape index (κ2) is 5.70. The van der Waals surface area contributed by atoms with E-state index in [0.717, 1.165) is 33.3 Å². The van der Waals surface area contributed by atoms with Crippen molar-refractivity contribution in [3.8, 4) is 5.75 Å². The molecule has 1 heterocycles. The van der Waals surface area contributed by atoms with Crippen molar-refractivity contribution in [1.82, 2.24) is 0 Å². The predicted molar refractivity (Wildman–Crippen MR) is 89.6 cm³/mol. The second-order valence-corrected chi connectivity index (χ2v) is 5.48. The van der Waals surface area contributed by atoms with E-state index >= 15 is 0 Å². The predicted octanol–water partition coefficient (Wildman–Crippen LogP) is 4.96. The number of hydrogen-bond donors (Lipinski definition) is 1. The number of fused-ring (bicyclic) bond motifs is 3. The normalized spacial score (nSPS) is 11.0. The lowest BCUT2D eigenvalue weighted by molar-refractivity contribution is -0.729. The molecule has 0 bridgehead atoms. The van der Waals surface area contributed by atoms with E-state index in [2.05, 4.69) is 0 Å². The molecule has 4 aromatic rings. The minimum Gasteiger partial charge on any atom is -0.489 e. The highest BCUT2D eigenvalue weighted by Crippen LogP contribution is 2.31. The third-order valence-corrected chi connectivity index (χ3v) is 3.91. The molecule has 0 unspecified atom stereocenters. The van der Waals surface area contributed by atoms with Gasteiger partial charge in [-0.05, 0) is 42.0 Å². The van der Waals surface area contributed by atoms with Crippen molar-refractivity contribution in [3.63, 3.8) is 0 Å². The molecule has 1 N–H and O–H groups in total. The largest absolute Gasteiger partial charge is 0.489 e.